The van der Waals surface area contributed by atoms with Crippen LogP contribution in [0.1, 0.15) is 63.1 Å². The van der Waals surface area contributed by atoms with Crippen molar-refractivity contribution in [2.75, 3.05) is 0 Å². The Morgan fingerprint density at radius 3 is 2.36 bits per heavy atom. The summed E-state index contributed by atoms with van der Waals surface area (Å²) in [4.78, 5) is 11.0. The van der Waals surface area contributed by atoms with Crippen LogP contribution in [0, 0.1) is 0 Å². The van der Waals surface area contributed by atoms with E-state index in [2.05, 4.69) is 45.2 Å². The van der Waals surface area contributed by atoms with Gasteiger partial charge in [-0.2, -0.15) is 0 Å². The number of fused-ring (bicyclic) bond motifs is 1. The summed E-state index contributed by atoms with van der Waals surface area (Å²) in [5.74, 6) is -0.0361. The number of allylic oxidation sites excluding steroid dienone is 1. The zero-order valence-electron chi connectivity index (χ0n) is 16.9. The van der Waals surface area contributed by atoms with Gasteiger partial charge < -0.3 is 10.2 Å². The molecule has 2 N–H and O–H groups in total. The fourth-order valence-corrected chi connectivity index (χ4v) is 4.35. The molecule has 0 amide bonds. The van der Waals surface area contributed by atoms with Gasteiger partial charge in [-0.15, -0.1) is 11.3 Å². The van der Waals surface area contributed by atoms with Crippen molar-refractivity contribution in [1.29, 1.82) is 0 Å². The number of thiophene rings is 1. The summed E-state index contributed by atoms with van der Waals surface area (Å²) < 4.78 is 1.11. The monoisotopic (exact) mass is 394 g/mol. The molecule has 0 atom stereocenters. The van der Waals surface area contributed by atoms with Crippen molar-refractivity contribution in [2.45, 2.75) is 46.5 Å². The second kappa shape index (κ2) is 7.80. The Morgan fingerprint density at radius 1 is 1.04 bits per heavy atom. The number of phenolic OH excluding ortho intramolecular Hbond substituents is 1. The molecule has 0 unspecified atom stereocenters. The van der Waals surface area contributed by atoms with Crippen LogP contribution in [0.5, 0.6) is 5.75 Å². The van der Waals surface area contributed by atoms with Gasteiger partial charge in [0.2, 0.25) is 0 Å². The van der Waals surface area contributed by atoms with Crippen LogP contribution in [0.2, 0.25) is 0 Å². The quantitative estimate of drug-likeness (QED) is 0.458. The number of aliphatic carboxylic acids is 1. The van der Waals surface area contributed by atoms with E-state index < -0.39 is 5.97 Å². The van der Waals surface area contributed by atoms with Gasteiger partial charge in [0.05, 0.1) is 0 Å². The number of rotatable bonds is 5. The largest absolute Gasteiger partial charge is 0.507 e. The molecule has 1 aromatic heterocycles. The first-order chi connectivity index (χ1) is 13.2. The third kappa shape index (κ3) is 3.83. The van der Waals surface area contributed by atoms with E-state index in [0.717, 1.165) is 32.3 Å². The maximum Gasteiger partial charge on any atom is 0.328 e. The average Bonchev–Trinajstić information content (AvgIpc) is 3.03. The maximum absolute atomic E-state index is 11.0. The van der Waals surface area contributed by atoms with Gasteiger partial charge in [0, 0.05) is 27.3 Å². The Labute approximate surface area is 170 Å². The molecule has 0 bridgehead atoms. The van der Waals surface area contributed by atoms with Gasteiger partial charge in [-0.1, -0.05) is 39.8 Å². The van der Waals surface area contributed by atoms with Gasteiger partial charge in [0.25, 0.3) is 0 Å². The van der Waals surface area contributed by atoms with E-state index in [1.54, 1.807) is 18.3 Å². The minimum Gasteiger partial charge on any atom is -0.507 e. The lowest BCUT2D eigenvalue weighted by Gasteiger charge is -2.17. The standard InChI is InChI=1S/C24H26O3S/c1-13(2)17-10-18(14(3)4)24(27)20(11-17)21-12-28-22-7-6-16(9-19(21)22)15(5)8-23(25)26/h6-14,27H,1-5H3,(H,25,26)/b15-8-. The van der Waals surface area contributed by atoms with Crippen LogP contribution >= 0.6 is 11.3 Å². The van der Waals surface area contributed by atoms with Crippen molar-refractivity contribution in [3.05, 3.63) is 58.5 Å². The summed E-state index contributed by atoms with van der Waals surface area (Å²) in [6.45, 7) is 10.3. The second-order valence-corrected chi connectivity index (χ2v) is 8.75. The third-order valence-corrected chi connectivity index (χ3v) is 6.07. The van der Waals surface area contributed by atoms with Crippen LogP contribution in [0.4, 0.5) is 0 Å². The van der Waals surface area contributed by atoms with Gasteiger partial charge in [-0.25, -0.2) is 4.79 Å². The molecule has 146 valence electrons. The van der Waals surface area contributed by atoms with E-state index in [1.165, 1.54) is 11.6 Å². The van der Waals surface area contributed by atoms with Crippen molar-refractivity contribution in [1.82, 2.24) is 0 Å². The van der Waals surface area contributed by atoms with E-state index >= 15 is 0 Å². The molecular weight excluding hydrogens is 368 g/mol. The zero-order chi connectivity index (χ0) is 20.6. The number of hydrogen-bond donors (Lipinski definition) is 2. The number of hydrogen-bond acceptors (Lipinski definition) is 3. The highest BCUT2D eigenvalue weighted by atomic mass is 32.1. The Bertz CT molecular complexity index is 1070. The fourth-order valence-electron chi connectivity index (χ4n) is 3.41. The van der Waals surface area contributed by atoms with Crippen molar-refractivity contribution in [2.24, 2.45) is 0 Å². The van der Waals surface area contributed by atoms with Crippen LogP contribution in [0.15, 0.2) is 41.8 Å². The summed E-state index contributed by atoms with van der Waals surface area (Å²) in [6.07, 6.45) is 1.22. The summed E-state index contributed by atoms with van der Waals surface area (Å²) in [5.41, 5.74) is 5.57. The van der Waals surface area contributed by atoms with E-state index in [9.17, 15) is 9.90 Å². The van der Waals surface area contributed by atoms with E-state index in [-0.39, 0.29) is 5.92 Å². The van der Waals surface area contributed by atoms with E-state index in [0.29, 0.717) is 17.2 Å². The lowest BCUT2D eigenvalue weighted by Crippen LogP contribution is -1.96. The van der Waals surface area contributed by atoms with Gasteiger partial charge >= 0.3 is 5.97 Å². The predicted octanol–water partition coefficient (Wildman–Crippen LogP) is 7.01. The first kappa shape index (κ1) is 20.2. The van der Waals surface area contributed by atoms with Gasteiger partial charge in [-0.05, 0) is 64.6 Å². The molecule has 3 nitrogen and oxygen atoms in total. The normalized spacial score (nSPS) is 12.3. The number of benzene rings is 2. The molecule has 4 heteroatoms. The van der Waals surface area contributed by atoms with Gasteiger partial charge in [0.1, 0.15) is 5.75 Å². The Balaban J connectivity index is 2.25. The molecule has 0 aliphatic rings. The Morgan fingerprint density at radius 2 is 1.75 bits per heavy atom. The Hall–Kier alpha value is -2.59. The summed E-state index contributed by atoms with van der Waals surface area (Å²) >= 11 is 1.63. The molecular formula is C24H26O3S. The van der Waals surface area contributed by atoms with Crippen molar-refractivity contribution in [3.63, 3.8) is 0 Å². The molecule has 0 aliphatic carbocycles. The molecule has 0 radical (unpaired) electrons. The topological polar surface area (TPSA) is 57.5 Å². The number of carboxylic acid groups (broad SMARTS) is 1. The van der Waals surface area contributed by atoms with Gasteiger partial charge in [-0.3, -0.25) is 0 Å². The van der Waals surface area contributed by atoms with Crippen LogP contribution < -0.4 is 0 Å². The first-order valence-corrected chi connectivity index (χ1v) is 10.4. The lowest BCUT2D eigenvalue weighted by molar-refractivity contribution is -0.131. The van der Waals surface area contributed by atoms with Crippen molar-refractivity contribution in [3.8, 4) is 16.9 Å². The molecule has 0 spiro atoms. The minimum atomic E-state index is -0.952. The van der Waals surface area contributed by atoms with E-state index in [4.69, 9.17) is 5.11 Å². The smallest absolute Gasteiger partial charge is 0.328 e. The molecule has 28 heavy (non-hydrogen) atoms. The average molecular weight is 395 g/mol. The molecule has 0 aliphatic heterocycles. The van der Waals surface area contributed by atoms with Gasteiger partial charge in [0.15, 0.2) is 0 Å². The second-order valence-electron chi connectivity index (χ2n) is 7.84. The Kier molecular flexibility index (Phi) is 5.61. The summed E-state index contributed by atoms with van der Waals surface area (Å²) in [5, 5.41) is 23.2. The zero-order valence-corrected chi connectivity index (χ0v) is 17.7. The highest BCUT2D eigenvalue weighted by Crippen LogP contribution is 2.43. The summed E-state index contributed by atoms with van der Waals surface area (Å²) in [6, 6.07) is 10.2. The number of carboxylic acids is 1. The highest BCUT2D eigenvalue weighted by Gasteiger charge is 2.18. The number of phenols is 1. The van der Waals surface area contributed by atoms with Crippen LogP contribution in [0.25, 0.3) is 26.8 Å². The maximum atomic E-state index is 11.0. The molecule has 3 rings (SSSR count). The molecule has 0 fully saturated rings. The third-order valence-electron chi connectivity index (χ3n) is 5.11. The van der Waals surface area contributed by atoms with Crippen molar-refractivity contribution >= 4 is 33.0 Å². The molecule has 1 heterocycles. The SMILES string of the molecule is C/C(=C/C(=O)O)c1ccc2scc(-c3cc(C(C)C)cc(C(C)C)c3O)c2c1. The summed E-state index contributed by atoms with van der Waals surface area (Å²) in [7, 11) is 0. The highest BCUT2D eigenvalue weighted by molar-refractivity contribution is 7.17. The van der Waals surface area contributed by atoms with E-state index in [1.807, 2.05) is 18.2 Å². The number of carbonyl (C=O) groups is 1. The predicted molar refractivity (Wildman–Crippen MR) is 118 cm³/mol. The molecule has 3 aromatic rings. The van der Waals surface area contributed by atoms with Crippen LogP contribution in [-0.2, 0) is 4.79 Å². The lowest BCUT2D eigenvalue weighted by atomic mass is 9.89. The minimum absolute atomic E-state index is 0.221. The molecule has 2 aromatic carbocycles. The number of aromatic hydroxyl groups is 1. The fraction of sp³-hybridized carbons (Fsp3) is 0.292. The van der Waals surface area contributed by atoms with Crippen LogP contribution in [-0.4, -0.2) is 16.2 Å². The first-order valence-electron chi connectivity index (χ1n) is 9.49. The van der Waals surface area contributed by atoms with Crippen LogP contribution in [0.3, 0.4) is 0 Å². The molecule has 0 saturated heterocycles. The van der Waals surface area contributed by atoms with Crippen molar-refractivity contribution < 1.29 is 15.0 Å². The molecule has 0 saturated carbocycles.